The van der Waals surface area contributed by atoms with Crippen molar-refractivity contribution in [1.82, 2.24) is 0 Å². The van der Waals surface area contributed by atoms with Crippen LogP contribution in [0.4, 0.5) is 15.8 Å². The topological polar surface area (TPSA) is 59.6 Å². The van der Waals surface area contributed by atoms with Crippen molar-refractivity contribution in [2.45, 2.75) is 6.42 Å². The summed E-state index contributed by atoms with van der Waals surface area (Å²) in [4.78, 5) is 12.2. The van der Waals surface area contributed by atoms with Crippen molar-refractivity contribution >= 4 is 17.3 Å². The zero-order valence-corrected chi connectivity index (χ0v) is 16.4. The lowest BCUT2D eigenvalue weighted by Crippen LogP contribution is -2.13. The van der Waals surface area contributed by atoms with E-state index in [1.165, 1.54) is 12.1 Å². The largest absolute Gasteiger partial charge is 0.493 e. The summed E-state index contributed by atoms with van der Waals surface area (Å²) in [6.45, 7) is 0.733. The molecule has 0 aromatic heterocycles. The predicted molar refractivity (Wildman–Crippen MR) is 113 cm³/mol. The molecule has 3 aromatic rings. The molecular weight excluding hydrogens is 371 g/mol. The van der Waals surface area contributed by atoms with Gasteiger partial charge in [-0.1, -0.05) is 18.2 Å². The number of anilines is 2. The van der Waals surface area contributed by atoms with Gasteiger partial charge in [0.15, 0.2) is 11.5 Å². The van der Waals surface area contributed by atoms with Gasteiger partial charge in [0.2, 0.25) is 0 Å². The monoisotopic (exact) mass is 394 g/mol. The van der Waals surface area contributed by atoms with Crippen LogP contribution in [0.5, 0.6) is 11.5 Å². The van der Waals surface area contributed by atoms with Gasteiger partial charge in [0.05, 0.1) is 19.8 Å². The van der Waals surface area contributed by atoms with Crippen LogP contribution in [0.3, 0.4) is 0 Å². The Morgan fingerprint density at radius 3 is 2.28 bits per heavy atom. The number of hydrogen-bond acceptors (Lipinski definition) is 4. The first-order chi connectivity index (χ1) is 14.1. The molecule has 5 nitrogen and oxygen atoms in total. The maximum Gasteiger partial charge on any atom is 0.258 e. The molecule has 0 aliphatic rings. The van der Waals surface area contributed by atoms with Gasteiger partial charge >= 0.3 is 0 Å². The molecule has 0 atom stereocenters. The van der Waals surface area contributed by atoms with Crippen molar-refractivity contribution in [3.8, 4) is 11.5 Å². The summed E-state index contributed by atoms with van der Waals surface area (Å²) in [6.07, 6.45) is 0.812. The number of methoxy groups -OCH3 is 2. The maximum atomic E-state index is 13.7. The SMILES string of the molecule is COc1ccc(CCNc2ccc(NC(=O)c3ccccc3F)cc2)cc1OC. The second kappa shape index (κ2) is 9.59. The number of halogens is 1. The standard InChI is InChI=1S/C23H23FN2O3/c1-28-21-12-7-16(15-22(21)29-2)13-14-25-17-8-10-18(11-9-17)26-23(27)19-5-3-4-6-20(19)24/h3-12,15,25H,13-14H2,1-2H3,(H,26,27). The summed E-state index contributed by atoms with van der Waals surface area (Å²) in [5.41, 5.74) is 2.67. The van der Waals surface area contributed by atoms with E-state index in [9.17, 15) is 9.18 Å². The van der Waals surface area contributed by atoms with Crippen molar-refractivity contribution in [2.75, 3.05) is 31.4 Å². The Bertz CT molecular complexity index is 974. The Balaban J connectivity index is 1.53. The van der Waals surface area contributed by atoms with Crippen LogP contribution in [-0.4, -0.2) is 26.7 Å². The average Bonchev–Trinajstić information content (AvgIpc) is 2.75. The number of carbonyl (C=O) groups is 1. The Kier molecular flexibility index (Phi) is 6.68. The molecule has 0 heterocycles. The first-order valence-corrected chi connectivity index (χ1v) is 9.21. The Labute approximate surface area is 169 Å². The van der Waals surface area contributed by atoms with Crippen LogP contribution in [0.2, 0.25) is 0 Å². The van der Waals surface area contributed by atoms with Crippen LogP contribution < -0.4 is 20.1 Å². The zero-order chi connectivity index (χ0) is 20.6. The summed E-state index contributed by atoms with van der Waals surface area (Å²) in [5.74, 6) is 0.396. The van der Waals surface area contributed by atoms with Gasteiger partial charge in [-0.05, 0) is 60.5 Å². The van der Waals surface area contributed by atoms with Gasteiger partial charge in [0.25, 0.3) is 5.91 Å². The molecule has 0 unspecified atom stereocenters. The fourth-order valence-corrected chi connectivity index (χ4v) is 2.90. The van der Waals surface area contributed by atoms with E-state index in [4.69, 9.17) is 9.47 Å². The number of nitrogens with one attached hydrogen (secondary N) is 2. The van der Waals surface area contributed by atoms with Gasteiger partial charge in [0, 0.05) is 17.9 Å². The normalized spacial score (nSPS) is 10.3. The van der Waals surface area contributed by atoms with E-state index in [1.807, 2.05) is 30.3 Å². The Morgan fingerprint density at radius 1 is 0.897 bits per heavy atom. The highest BCUT2D eigenvalue weighted by Gasteiger charge is 2.10. The summed E-state index contributed by atoms with van der Waals surface area (Å²) in [7, 11) is 3.23. The van der Waals surface area contributed by atoms with E-state index in [2.05, 4.69) is 10.6 Å². The smallest absolute Gasteiger partial charge is 0.258 e. The first kappa shape index (κ1) is 20.2. The summed E-state index contributed by atoms with van der Waals surface area (Å²) in [6, 6.07) is 19.0. The van der Waals surface area contributed by atoms with Crippen molar-refractivity contribution < 1.29 is 18.7 Å². The molecule has 150 valence electrons. The summed E-state index contributed by atoms with van der Waals surface area (Å²) < 4.78 is 24.3. The average molecular weight is 394 g/mol. The highest BCUT2D eigenvalue weighted by molar-refractivity contribution is 6.04. The molecule has 3 rings (SSSR count). The molecule has 6 heteroatoms. The molecule has 0 spiro atoms. The third-order valence-corrected chi connectivity index (χ3v) is 4.45. The highest BCUT2D eigenvalue weighted by atomic mass is 19.1. The third-order valence-electron chi connectivity index (χ3n) is 4.45. The summed E-state index contributed by atoms with van der Waals surface area (Å²) in [5, 5.41) is 6.03. The molecule has 0 radical (unpaired) electrons. The molecule has 29 heavy (non-hydrogen) atoms. The molecule has 0 fully saturated rings. The zero-order valence-electron chi connectivity index (χ0n) is 16.4. The Hall–Kier alpha value is -3.54. The van der Waals surface area contributed by atoms with Crippen molar-refractivity contribution in [3.05, 3.63) is 83.7 Å². The van der Waals surface area contributed by atoms with Crippen LogP contribution >= 0.6 is 0 Å². The molecule has 2 N–H and O–H groups in total. The van der Waals surface area contributed by atoms with Crippen LogP contribution in [-0.2, 0) is 6.42 Å². The molecule has 0 aliphatic heterocycles. The van der Waals surface area contributed by atoms with Crippen molar-refractivity contribution in [1.29, 1.82) is 0 Å². The third kappa shape index (κ3) is 5.25. The van der Waals surface area contributed by atoms with E-state index in [-0.39, 0.29) is 5.56 Å². The minimum Gasteiger partial charge on any atom is -0.493 e. The second-order valence-corrected chi connectivity index (χ2v) is 6.38. The maximum absolute atomic E-state index is 13.7. The van der Waals surface area contributed by atoms with Crippen LogP contribution in [0.15, 0.2) is 66.7 Å². The number of carbonyl (C=O) groups excluding carboxylic acids is 1. The van der Waals surface area contributed by atoms with E-state index in [0.717, 1.165) is 24.2 Å². The van der Waals surface area contributed by atoms with Crippen LogP contribution in [0.1, 0.15) is 15.9 Å². The number of hydrogen-bond donors (Lipinski definition) is 2. The lowest BCUT2D eigenvalue weighted by Gasteiger charge is -2.11. The number of rotatable bonds is 8. The molecule has 0 bridgehead atoms. The first-order valence-electron chi connectivity index (χ1n) is 9.21. The van der Waals surface area contributed by atoms with E-state index < -0.39 is 11.7 Å². The molecule has 0 aliphatic carbocycles. The van der Waals surface area contributed by atoms with Crippen LogP contribution in [0.25, 0.3) is 0 Å². The molecular formula is C23H23FN2O3. The number of benzene rings is 3. The highest BCUT2D eigenvalue weighted by Crippen LogP contribution is 2.27. The second-order valence-electron chi connectivity index (χ2n) is 6.38. The summed E-state index contributed by atoms with van der Waals surface area (Å²) >= 11 is 0. The van der Waals surface area contributed by atoms with Gasteiger partial charge < -0.3 is 20.1 Å². The van der Waals surface area contributed by atoms with Gasteiger partial charge in [-0.3, -0.25) is 4.79 Å². The van der Waals surface area contributed by atoms with E-state index >= 15 is 0 Å². The molecule has 1 amide bonds. The fraction of sp³-hybridized carbons (Fsp3) is 0.174. The fourth-order valence-electron chi connectivity index (χ4n) is 2.90. The lowest BCUT2D eigenvalue weighted by molar-refractivity contribution is 0.102. The Morgan fingerprint density at radius 2 is 1.59 bits per heavy atom. The minimum absolute atomic E-state index is 0.0182. The molecule has 0 saturated heterocycles. The predicted octanol–water partition coefficient (Wildman–Crippen LogP) is 4.75. The van der Waals surface area contributed by atoms with Crippen LogP contribution in [0, 0.1) is 5.82 Å². The molecule has 0 saturated carbocycles. The van der Waals surface area contributed by atoms with Crippen molar-refractivity contribution in [2.24, 2.45) is 0 Å². The number of ether oxygens (including phenoxy) is 2. The quantitative estimate of drug-likeness (QED) is 0.579. The van der Waals surface area contributed by atoms with Gasteiger partial charge in [-0.2, -0.15) is 0 Å². The molecule has 3 aromatic carbocycles. The lowest BCUT2D eigenvalue weighted by atomic mass is 10.1. The minimum atomic E-state index is -0.543. The van der Waals surface area contributed by atoms with Gasteiger partial charge in [-0.15, -0.1) is 0 Å². The van der Waals surface area contributed by atoms with Gasteiger partial charge in [0.1, 0.15) is 5.82 Å². The van der Waals surface area contributed by atoms with E-state index in [1.54, 1.807) is 38.5 Å². The van der Waals surface area contributed by atoms with Crippen molar-refractivity contribution in [3.63, 3.8) is 0 Å². The van der Waals surface area contributed by atoms with Gasteiger partial charge in [-0.25, -0.2) is 4.39 Å². The number of amides is 1. The van der Waals surface area contributed by atoms with E-state index in [0.29, 0.717) is 17.2 Å².